The van der Waals surface area contributed by atoms with Crippen molar-refractivity contribution < 1.29 is 28.2 Å². The van der Waals surface area contributed by atoms with E-state index in [1.54, 1.807) is 24.6 Å². The van der Waals surface area contributed by atoms with Gasteiger partial charge in [-0.2, -0.15) is 0 Å². The first-order chi connectivity index (χ1) is 17.8. The van der Waals surface area contributed by atoms with Gasteiger partial charge in [0, 0.05) is 46.6 Å². The van der Waals surface area contributed by atoms with Crippen molar-refractivity contribution >= 4 is 56.8 Å². The van der Waals surface area contributed by atoms with Gasteiger partial charge in [0.05, 0.1) is 17.9 Å². The number of nitrogens with zero attached hydrogens (tertiary/aromatic N) is 3. The van der Waals surface area contributed by atoms with Gasteiger partial charge in [0.25, 0.3) is 0 Å². The fourth-order valence-corrected chi connectivity index (χ4v) is 6.41. The Balaban J connectivity index is 1.74. The summed E-state index contributed by atoms with van der Waals surface area (Å²) in [4.78, 5) is 35.3. The number of esters is 1. The number of aliphatic imine (C=N–C) groups is 1. The van der Waals surface area contributed by atoms with Gasteiger partial charge in [0.2, 0.25) is 0 Å². The van der Waals surface area contributed by atoms with E-state index < -0.39 is 30.0 Å². The number of hydrogen-bond donors (Lipinski definition) is 2. The molecular formula is C24H25BrF2N4O4S2. The summed E-state index contributed by atoms with van der Waals surface area (Å²) in [6.45, 7) is 2.17. The predicted molar refractivity (Wildman–Crippen MR) is 142 cm³/mol. The van der Waals surface area contributed by atoms with Crippen LogP contribution in [-0.4, -0.2) is 76.2 Å². The number of halogens is 3. The number of benzene rings is 1. The molecule has 0 radical (unpaired) electrons. The van der Waals surface area contributed by atoms with Gasteiger partial charge in [-0.1, -0.05) is 22.0 Å². The van der Waals surface area contributed by atoms with E-state index in [0.717, 1.165) is 0 Å². The van der Waals surface area contributed by atoms with E-state index in [9.17, 15) is 18.4 Å². The molecule has 0 spiro atoms. The van der Waals surface area contributed by atoms with E-state index in [4.69, 9.17) is 14.8 Å². The molecule has 3 atom stereocenters. The third-order valence-corrected chi connectivity index (χ3v) is 8.43. The van der Waals surface area contributed by atoms with Crippen LogP contribution in [0.4, 0.5) is 8.78 Å². The molecule has 198 valence electrons. The molecule has 1 fully saturated rings. The molecule has 3 heterocycles. The third-order valence-electron chi connectivity index (χ3n) is 5.89. The molecule has 2 N–H and O–H groups in total. The second kappa shape index (κ2) is 12.5. The zero-order chi connectivity index (χ0) is 26.5. The molecule has 0 amide bonds. The van der Waals surface area contributed by atoms with Gasteiger partial charge >= 0.3 is 11.9 Å². The van der Waals surface area contributed by atoms with Crippen LogP contribution in [-0.2, 0) is 14.3 Å². The molecule has 3 unspecified atom stereocenters. The Hall–Kier alpha value is -2.35. The first-order valence-corrected chi connectivity index (χ1v) is 14.4. The van der Waals surface area contributed by atoms with Crippen molar-refractivity contribution in [3.8, 4) is 0 Å². The maximum absolute atomic E-state index is 14.5. The second-order valence-electron chi connectivity index (χ2n) is 8.45. The summed E-state index contributed by atoms with van der Waals surface area (Å²) in [5.74, 6) is -1.14. The quantitative estimate of drug-likeness (QED) is 0.384. The summed E-state index contributed by atoms with van der Waals surface area (Å²) in [5.41, 5.74) is 1.30. The number of rotatable bonds is 10. The lowest BCUT2D eigenvalue weighted by molar-refractivity contribution is -0.139. The van der Waals surface area contributed by atoms with Gasteiger partial charge in [-0.3, -0.25) is 14.7 Å². The smallest absolute Gasteiger partial charge is 0.338 e. The molecule has 1 saturated heterocycles. The highest BCUT2D eigenvalue weighted by molar-refractivity contribution is 9.10. The SMILES string of the molecule is CCOC(=O)C1=C(CN2CC(F)CC2CSCC(=O)O)NC(c2nccs2)=NC1c1ccc(F)cc1Br. The van der Waals surface area contributed by atoms with E-state index in [0.29, 0.717) is 32.3 Å². The number of carbonyl (C=O) groups excluding carboxylic acids is 1. The molecule has 13 heteroatoms. The fourth-order valence-electron chi connectivity index (χ4n) is 4.34. The maximum atomic E-state index is 14.5. The van der Waals surface area contributed by atoms with Crippen molar-refractivity contribution in [1.82, 2.24) is 15.2 Å². The molecule has 1 aromatic carbocycles. The number of thioether (sulfide) groups is 1. The Morgan fingerprint density at radius 1 is 1.41 bits per heavy atom. The van der Waals surface area contributed by atoms with E-state index >= 15 is 0 Å². The van der Waals surface area contributed by atoms with Gasteiger partial charge in [-0.25, -0.2) is 18.6 Å². The highest BCUT2D eigenvalue weighted by Gasteiger charge is 2.38. The summed E-state index contributed by atoms with van der Waals surface area (Å²) < 4.78 is 34.2. The Kier molecular flexibility index (Phi) is 9.32. The monoisotopic (exact) mass is 614 g/mol. The third kappa shape index (κ3) is 6.75. The van der Waals surface area contributed by atoms with Gasteiger partial charge in [-0.05, 0) is 31.0 Å². The van der Waals surface area contributed by atoms with Crippen molar-refractivity contribution in [2.24, 2.45) is 4.99 Å². The average molecular weight is 616 g/mol. The normalized spacial score (nSPS) is 22.1. The van der Waals surface area contributed by atoms with Crippen LogP contribution in [0, 0.1) is 5.82 Å². The van der Waals surface area contributed by atoms with Crippen LogP contribution in [0.25, 0.3) is 0 Å². The van der Waals surface area contributed by atoms with Crippen LogP contribution in [0.1, 0.15) is 30.0 Å². The fraction of sp³-hybridized carbons (Fsp3) is 0.417. The van der Waals surface area contributed by atoms with Crippen LogP contribution in [0.5, 0.6) is 0 Å². The van der Waals surface area contributed by atoms with Gasteiger partial charge in [0.15, 0.2) is 10.8 Å². The standard InChI is InChI=1S/C24H25BrF2N4O4S2/c1-2-35-24(34)20-18(10-31-9-14(27)7-15(31)11-36-12-19(32)33)29-22(23-28-5-6-37-23)30-21(20)16-4-3-13(26)8-17(16)25/h3-6,8,14-15,21H,2,7,9-12H2,1H3,(H,29,30)(H,32,33). The number of likely N-dealkylation sites (tertiary alicyclic amines) is 1. The molecule has 2 aliphatic rings. The zero-order valence-electron chi connectivity index (χ0n) is 19.8. The summed E-state index contributed by atoms with van der Waals surface area (Å²) in [7, 11) is 0. The first kappa shape index (κ1) is 27.7. The number of aliphatic carboxylic acids is 1. The minimum absolute atomic E-state index is 0.0716. The van der Waals surface area contributed by atoms with Crippen LogP contribution >= 0.6 is 39.0 Å². The Labute approximate surface area is 229 Å². The number of carboxylic acids is 1. The Morgan fingerprint density at radius 2 is 2.22 bits per heavy atom. The van der Waals surface area contributed by atoms with E-state index in [1.165, 1.54) is 35.2 Å². The largest absolute Gasteiger partial charge is 0.481 e. The topological polar surface area (TPSA) is 104 Å². The van der Waals surface area contributed by atoms with Crippen LogP contribution < -0.4 is 5.32 Å². The summed E-state index contributed by atoms with van der Waals surface area (Å²) in [5, 5.41) is 14.6. The number of hydrogen-bond acceptors (Lipinski definition) is 9. The number of aromatic nitrogens is 1. The first-order valence-electron chi connectivity index (χ1n) is 11.5. The van der Waals surface area contributed by atoms with Crippen molar-refractivity contribution in [3.63, 3.8) is 0 Å². The Morgan fingerprint density at radius 3 is 2.89 bits per heavy atom. The number of alkyl halides is 1. The summed E-state index contributed by atoms with van der Waals surface area (Å²) in [6.07, 6.45) is 0.843. The lowest BCUT2D eigenvalue weighted by Gasteiger charge is -2.31. The summed E-state index contributed by atoms with van der Waals surface area (Å²) >= 11 is 6.00. The molecular weight excluding hydrogens is 590 g/mol. The summed E-state index contributed by atoms with van der Waals surface area (Å²) in [6, 6.07) is 3.13. The van der Waals surface area contributed by atoms with Crippen molar-refractivity contribution in [2.75, 3.05) is 31.2 Å². The molecule has 2 aromatic rings. The van der Waals surface area contributed by atoms with E-state index in [-0.39, 0.29) is 43.5 Å². The number of thiazole rings is 1. The number of nitrogens with one attached hydrogen (secondary N) is 1. The lowest BCUT2D eigenvalue weighted by atomic mass is 9.95. The lowest BCUT2D eigenvalue weighted by Crippen LogP contribution is -2.42. The zero-order valence-corrected chi connectivity index (χ0v) is 23.0. The minimum Gasteiger partial charge on any atom is -0.481 e. The van der Waals surface area contributed by atoms with Gasteiger partial charge < -0.3 is 15.2 Å². The molecule has 0 saturated carbocycles. The molecule has 8 nitrogen and oxygen atoms in total. The number of amidine groups is 1. The van der Waals surface area contributed by atoms with Crippen molar-refractivity contribution in [2.45, 2.75) is 31.6 Å². The van der Waals surface area contributed by atoms with E-state index in [2.05, 4.69) is 26.2 Å². The molecule has 4 rings (SSSR count). The minimum atomic E-state index is -1.07. The maximum Gasteiger partial charge on any atom is 0.338 e. The van der Waals surface area contributed by atoms with Crippen LogP contribution in [0.2, 0.25) is 0 Å². The van der Waals surface area contributed by atoms with Crippen molar-refractivity contribution in [1.29, 1.82) is 0 Å². The highest BCUT2D eigenvalue weighted by Crippen LogP contribution is 2.37. The number of ether oxygens (including phenoxy) is 1. The van der Waals surface area contributed by atoms with Gasteiger partial charge in [-0.15, -0.1) is 23.1 Å². The number of carbonyl (C=O) groups is 2. The second-order valence-corrected chi connectivity index (χ2v) is 11.2. The number of carboxylic acid groups (broad SMARTS) is 1. The van der Waals surface area contributed by atoms with Crippen molar-refractivity contribution in [3.05, 3.63) is 61.9 Å². The molecule has 37 heavy (non-hydrogen) atoms. The molecule has 0 bridgehead atoms. The highest BCUT2D eigenvalue weighted by atomic mass is 79.9. The Bertz CT molecular complexity index is 1210. The van der Waals surface area contributed by atoms with E-state index in [1.807, 2.05) is 4.90 Å². The van der Waals surface area contributed by atoms with Crippen LogP contribution in [0.3, 0.4) is 0 Å². The average Bonchev–Trinajstić information content (AvgIpc) is 3.49. The molecule has 0 aliphatic carbocycles. The molecule has 1 aromatic heterocycles. The predicted octanol–water partition coefficient (Wildman–Crippen LogP) is 4.18. The molecule has 2 aliphatic heterocycles. The van der Waals surface area contributed by atoms with Gasteiger partial charge in [0.1, 0.15) is 18.0 Å². The van der Waals surface area contributed by atoms with Crippen LogP contribution in [0.15, 0.2) is 50.5 Å².